The van der Waals surface area contributed by atoms with Gasteiger partial charge in [-0.05, 0) is 45.4 Å². The van der Waals surface area contributed by atoms with E-state index >= 15 is 0 Å². The Hall–Kier alpha value is -0.680. The molecule has 0 saturated carbocycles. The second kappa shape index (κ2) is 5.97. The van der Waals surface area contributed by atoms with Crippen molar-refractivity contribution in [2.24, 2.45) is 5.73 Å². The van der Waals surface area contributed by atoms with Crippen molar-refractivity contribution in [3.63, 3.8) is 0 Å². The lowest BCUT2D eigenvalue weighted by molar-refractivity contribution is 0.148. The number of hydrogen-bond donors (Lipinski definition) is 2. The summed E-state index contributed by atoms with van der Waals surface area (Å²) in [6.45, 7) is 2.47. The molecule has 0 aliphatic carbocycles. The van der Waals surface area contributed by atoms with Gasteiger partial charge in [-0.1, -0.05) is 29.8 Å². The molecular formula is C14H16BrNOS. The van der Waals surface area contributed by atoms with Gasteiger partial charge >= 0.3 is 0 Å². The predicted molar refractivity (Wildman–Crippen MR) is 80.0 cm³/mol. The van der Waals surface area contributed by atoms with Crippen LogP contribution < -0.4 is 5.73 Å². The third-order valence-corrected chi connectivity index (χ3v) is 4.56. The molecule has 0 amide bonds. The number of aliphatic hydroxyl groups excluding tert-OH is 1. The standard InChI is InChI=1S/C14H16BrNOS/c1-9-3-2-4-10(5-9)12(7-16)14(17)11-6-13(15)18-8-11/h2-6,8,12,14,17H,7,16H2,1H3. The Labute approximate surface area is 120 Å². The molecule has 0 aliphatic heterocycles. The lowest BCUT2D eigenvalue weighted by Crippen LogP contribution is -2.19. The Kier molecular flexibility index (Phi) is 4.56. The van der Waals surface area contributed by atoms with Crippen LogP contribution in [0.4, 0.5) is 0 Å². The van der Waals surface area contributed by atoms with Gasteiger partial charge in [-0.2, -0.15) is 0 Å². The van der Waals surface area contributed by atoms with Crippen LogP contribution in [0.15, 0.2) is 39.5 Å². The molecule has 0 aliphatic rings. The molecule has 18 heavy (non-hydrogen) atoms. The molecule has 1 aromatic carbocycles. The first-order valence-corrected chi connectivity index (χ1v) is 7.47. The third-order valence-electron chi connectivity index (χ3n) is 3.03. The maximum atomic E-state index is 10.4. The Morgan fingerprint density at radius 1 is 1.33 bits per heavy atom. The van der Waals surface area contributed by atoms with Crippen LogP contribution in [-0.4, -0.2) is 11.7 Å². The van der Waals surface area contributed by atoms with Crippen molar-refractivity contribution >= 4 is 27.3 Å². The molecule has 3 N–H and O–H groups in total. The highest BCUT2D eigenvalue weighted by Crippen LogP contribution is 2.34. The lowest BCUT2D eigenvalue weighted by Gasteiger charge is -2.21. The summed E-state index contributed by atoms with van der Waals surface area (Å²) in [7, 11) is 0. The zero-order valence-electron chi connectivity index (χ0n) is 10.1. The van der Waals surface area contributed by atoms with E-state index in [0.717, 1.165) is 14.9 Å². The summed E-state index contributed by atoms with van der Waals surface area (Å²) in [4.78, 5) is 0. The molecule has 0 radical (unpaired) electrons. The Balaban J connectivity index is 2.28. The molecule has 2 atom stereocenters. The van der Waals surface area contributed by atoms with Crippen molar-refractivity contribution in [3.05, 3.63) is 56.2 Å². The Morgan fingerprint density at radius 2 is 2.11 bits per heavy atom. The molecule has 0 saturated heterocycles. The number of rotatable bonds is 4. The second-order valence-electron chi connectivity index (χ2n) is 4.39. The van der Waals surface area contributed by atoms with Crippen molar-refractivity contribution in [1.82, 2.24) is 0 Å². The summed E-state index contributed by atoms with van der Waals surface area (Å²) < 4.78 is 1.02. The zero-order chi connectivity index (χ0) is 13.1. The average Bonchev–Trinajstić information content (AvgIpc) is 2.77. The van der Waals surface area contributed by atoms with Gasteiger partial charge in [-0.25, -0.2) is 0 Å². The molecular weight excluding hydrogens is 310 g/mol. The van der Waals surface area contributed by atoms with Crippen LogP contribution in [0, 0.1) is 6.92 Å². The van der Waals surface area contributed by atoms with E-state index in [0.29, 0.717) is 6.54 Å². The molecule has 96 valence electrons. The SMILES string of the molecule is Cc1cccc(C(CN)C(O)c2csc(Br)c2)c1. The topological polar surface area (TPSA) is 46.2 Å². The fraction of sp³-hybridized carbons (Fsp3) is 0.286. The second-order valence-corrected chi connectivity index (χ2v) is 6.68. The summed E-state index contributed by atoms with van der Waals surface area (Å²) in [6, 6.07) is 10.1. The first kappa shape index (κ1) is 13.7. The van der Waals surface area contributed by atoms with E-state index in [1.54, 1.807) is 11.3 Å². The molecule has 4 heteroatoms. The molecule has 2 rings (SSSR count). The van der Waals surface area contributed by atoms with E-state index in [9.17, 15) is 5.11 Å². The van der Waals surface area contributed by atoms with Crippen molar-refractivity contribution in [1.29, 1.82) is 0 Å². The molecule has 0 fully saturated rings. The fourth-order valence-electron chi connectivity index (χ4n) is 2.06. The first-order valence-electron chi connectivity index (χ1n) is 5.80. The first-order chi connectivity index (χ1) is 8.61. The van der Waals surface area contributed by atoms with Crippen LogP contribution in [0.2, 0.25) is 0 Å². The maximum absolute atomic E-state index is 10.4. The van der Waals surface area contributed by atoms with Crippen molar-refractivity contribution in [3.8, 4) is 0 Å². The highest BCUT2D eigenvalue weighted by atomic mass is 79.9. The van der Waals surface area contributed by atoms with Gasteiger partial charge < -0.3 is 10.8 Å². The van der Waals surface area contributed by atoms with Crippen LogP contribution in [0.1, 0.15) is 28.7 Å². The molecule has 2 nitrogen and oxygen atoms in total. The van der Waals surface area contributed by atoms with E-state index in [1.165, 1.54) is 5.56 Å². The highest BCUT2D eigenvalue weighted by molar-refractivity contribution is 9.11. The largest absolute Gasteiger partial charge is 0.388 e. The van der Waals surface area contributed by atoms with Gasteiger partial charge in [0.25, 0.3) is 0 Å². The minimum atomic E-state index is -0.556. The van der Waals surface area contributed by atoms with E-state index in [1.807, 2.05) is 36.6 Å². The molecule has 1 aromatic heterocycles. The van der Waals surface area contributed by atoms with Gasteiger partial charge in [0.1, 0.15) is 0 Å². The van der Waals surface area contributed by atoms with Crippen molar-refractivity contribution in [2.75, 3.05) is 6.54 Å². The summed E-state index contributed by atoms with van der Waals surface area (Å²) in [6.07, 6.45) is -0.556. The van der Waals surface area contributed by atoms with Crippen LogP contribution in [0.3, 0.4) is 0 Å². The summed E-state index contributed by atoms with van der Waals surface area (Å²) >= 11 is 4.99. The van der Waals surface area contributed by atoms with Crippen LogP contribution in [-0.2, 0) is 0 Å². The van der Waals surface area contributed by atoms with E-state index in [4.69, 9.17) is 5.73 Å². The van der Waals surface area contributed by atoms with Crippen molar-refractivity contribution < 1.29 is 5.11 Å². The van der Waals surface area contributed by atoms with E-state index in [2.05, 4.69) is 22.0 Å². The van der Waals surface area contributed by atoms with Crippen molar-refractivity contribution in [2.45, 2.75) is 18.9 Å². The fourth-order valence-corrected chi connectivity index (χ4v) is 3.26. The smallest absolute Gasteiger partial charge is 0.0879 e. The quantitative estimate of drug-likeness (QED) is 0.902. The number of thiophene rings is 1. The summed E-state index contributed by atoms with van der Waals surface area (Å²) in [5.74, 6) is -0.0635. The van der Waals surface area contributed by atoms with Gasteiger partial charge in [-0.15, -0.1) is 11.3 Å². The predicted octanol–water partition coefficient (Wildman–Crippen LogP) is 3.59. The maximum Gasteiger partial charge on any atom is 0.0879 e. The Morgan fingerprint density at radius 3 is 2.67 bits per heavy atom. The van der Waals surface area contributed by atoms with Gasteiger partial charge in [0, 0.05) is 12.5 Å². The average molecular weight is 326 g/mol. The third kappa shape index (κ3) is 3.01. The molecule has 2 unspecified atom stereocenters. The normalized spacial score (nSPS) is 14.4. The molecule has 0 bridgehead atoms. The van der Waals surface area contributed by atoms with Gasteiger partial charge in [0.15, 0.2) is 0 Å². The zero-order valence-corrected chi connectivity index (χ0v) is 12.5. The molecule has 2 aromatic rings. The lowest BCUT2D eigenvalue weighted by atomic mass is 9.89. The number of hydrogen-bond acceptors (Lipinski definition) is 3. The number of benzene rings is 1. The minimum Gasteiger partial charge on any atom is -0.388 e. The summed E-state index contributed by atoms with van der Waals surface area (Å²) in [5, 5.41) is 12.4. The van der Waals surface area contributed by atoms with E-state index in [-0.39, 0.29) is 5.92 Å². The number of halogens is 1. The minimum absolute atomic E-state index is 0.0635. The van der Waals surface area contributed by atoms with Crippen LogP contribution >= 0.6 is 27.3 Å². The monoisotopic (exact) mass is 325 g/mol. The number of aliphatic hydroxyl groups is 1. The van der Waals surface area contributed by atoms with E-state index < -0.39 is 6.10 Å². The van der Waals surface area contributed by atoms with Crippen LogP contribution in [0.25, 0.3) is 0 Å². The van der Waals surface area contributed by atoms with Crippen LogP contribution in [0.5, 0.6) is 0 Å². The molecule has 1 heterocycles. The Bertz CT molecular complexity index is 526. The van der Waals surface area contributed by atoms with Gasteiger partial charge in [0.05, 0.1) is 9.89 Å². The number of aryl methyl sites for hydroxylation is 1. The highest BCUT2D eigenvalue weighted by Gasteiger charge is 2.22. The molecule has 0 spiro atoms. The number of nitrogens with two attached hydrogens (primary N) is 1. The van der Waals surface area contributed by atoms with Gasteiger partial charge in [0.2, 0.25) is 0 Å². The summed E-state index contributed by atoms with van der Waals surface area (Å²) in [5.41, 5.74) is 9.03. The van der Waals surface area contributed by atoms with Gasteiger partial charge in [-0.3, -0.25) is 0 Å².